The van der Waals surface area contributed by atoms with E-state index in [1.54, 1.807) is 0 Å². The van der Waals surface area contributed by atoms with Gasteiger partial charge in [-0.3, -0.25) is 4.79 Å². The summed E-state index contributed by atoms with van der Waals surface area (Å²) >= 11 is 5.58. The van der Waals surface area contributed by atoms with Gasteiger partial charge < -0.3 is 5.32 Å². The molecule has 0 unspecified atom stereocenters. The van der Waals surface area contributed by atoms with Gasteiger partial charge in [-0.05, 0) is 65.1 Å². The van der Waals surface area contributed by atoms with Gasteiger partial charge in [-0.1, -0.05) is 22.0 Å². The van der Waals surface area contributed by atoms with Crippen molar-refractivity contribution in [2.75, 3.05) is 5.32 Å². The monoisotopic (exact) mass is 401 g/mol. The van der Waals surface area contributed by atoms with Crippen molar-refractivity contribution in [2.24, 2.45) is 0 Å². The molecule has 0 saturated heterocycles. The van der Waals surface area contributed by atoms with E-state index in [0.717, 1.165) is 13.7 Å². The van der Waals surface area contributed by atoms with Crippen molar-refractivity contribution in [2.45, 2.75) is 0 Å². The van der Waals surface area contributed by atoms with Crippen molar-refractivity contribution in [1.82, 2.24) is 0 Å². The number of anilines is 1. The van der Waals surface area contributed by atoms with Gasteiger partial charge >= 0.3 is 0 Å². The van der Waals surface area contributed by atoms with Gasteiger partial charge in [-0.25, -0.2) is 0 Å². The maximum Gasteiger partial charge on any atom is 0.255 e. The lowest BCUT2D eigenvalue weighted by Crippen LogP contribution is -2.11. The van der Waals surface area contributed by atoms with Gasteiger partial charge in [0, 0.05) is 19.3 Å². The summed E-state index contributed by atoms with van der Waals surface area (Å²) in [5.74, 6) is -0.0977. The molecule has 0 aliphatic heterocycles. The lowest BCUT2D eigenvalue weighted by atomic mass is 10.2. The molecule has 0 atom stereocenters. The van der Waals surface area contributed by atoms with Crippen LogP contribution in [0.15, 0.2) is 53.0 Å². The average molecular weight is 402 g/mol. The first kappa shape index (κ1) is 12.6. The second-order valence-electron chi connectivity index (χ2n) is 3.47. The predicted octanol–water partition coefficient (Wildman–Crippen LogP) is 4.31. The molecule has 1 N–H and O–H groups in total. The largest absolute Gasteiger partial charge is 0.322 e. The van der Waals surface area contributed by atoms with E-state index in [9.17, 15) is 4.79 Å². The highest BCUT2D eigenvalue weighted by molar-refractivity contribution is 14.1. The van der Waals surface area contributed by atoms with E-state index < -0.39 is 0 Å². The Hall–Kier alpha value is -0.880. The van der Waals surface area contributed by atoms with Crippen LogP contribution in [0.25, 0.3) is 0 Å². The summed E-state index contributed by atoms with van der Waals surface area (Å²) < 4.78 is 2.06. The fourth-order valence-corrected chi connectivity index (χ4v) is 2.13. The normalized spacial score (nSPS) is 10.0. The van der Waals surface area contributed by atoms with Crippen LogP contribution in [-0.2, 0) is 0 Å². The summed E-state index contributed by atoms with van der Waals surface area (Å²) in [7, 11) is 0. The van der Waals surface area contributed by atoms with Gasteiger partial charge in [0.25, 0.3) is 5.91 Å². The van der Waals surface area contributed by atoms with Crippen LogP contribution in [0.5, 0.6) is 0 Å². The number of halogens is 2. The predicted molar refractivity (Wildman–Crippen MR) is 81.3 cm³/mol. The van der Waals surface area contributed by atoms with Crippen LogP contribution in [0.1, 0.15) is 10.4 Å². The Kier molecular flexibility index (Phi) is 4.17. The molecule has 0 saturated carbocycles. The second kappa shape index (κ2) is 5.64. The van der Waals surface area contributed by atoms with E-state index in [-0.39, 0.29) is 5.91 Å². The maximum absolute atomic E-state index is 11.9. The molecular formula is C13H9BrINO. The van der Waals surface area contributed by atoms with Gasteiger partial charge in [-0.15, -0.1) is 0 Å². The van der Waals surface area contributed by atoms with Crippen molar-refractivity contribution >= 4 is 50.1 Å². The zero-order valence-corrected chi connectivity index (χ0v) is 12.5. The van der Waals surface area contributed by atoms with E-state index in [1.165, 1.54) is 0 Å². The first-order valence-corrected chi connectivity index (χ1v) is 6.85. The van der Waals surface area contributed by atoms with Crippen LogP contribution in [-0.4, -0.2) is 5.91 Å². The fraction of sp³-hybridized carbons (Fsp3) is 0. The van der Waals surface area contributed by atoms with E-state index in [4.69, 9.17) is 0 Å². The zero-order valence-electron chi connectivity index (χ0n) is 8.78. The van der Waals surface area contributed by atoms with E-state index in [0.29, 0.717) is 5.56 Å². The Morgan fingerprint density at radius 1 is 1.12 bits per heavy atom. The molecule has 0 bridgehead atoms. The fourth-order valence-electron chi connectivity index (χ4n) is 1.37. The van der Waals surface area contributed by atoms with Crippen LogP contribution in [0, 0.1) is 3.57 Å². The lowest BCUT2D eigenvalue weighted by Gasteiger charge is -2.05. The number of benzene rings is 2. The smallest absolute Gasteiger partial charge is 0.255 e. The van der Waals surface area contributed by atoms with E-state index >= 15 is 0 Å². The molecule has 0 heterocycles. The Balaban J connectivity index is 2.14. The number of amides is 1. The number of carbonyl (C=O) groups excluding carboxylic acids is 1. The lowest BCUT2D eigenvalue weighted by molar-refractivity contribution is 0.102. The Labute approximate surface area is 122 Å². The third-order valence-electron chi connectivity index (χ3n) is 2.19. The van der Waals surface area contributed by atoms with Gasteiger partial charge in [0.05, 0.1) is 0 Å². The van der Waals surface area contributed by atoms with Gasteiger partial charge in [0.1, 0.15) is 0 Å². The molecule has 0 radical (unpaired) electrons. The highest BCUT2D eigenvalue weighted by Crippen LogP contribution is 2.16. The van der Waals surface area contributed by atoms with Crippen LogP contribution >= 0.6 is 38.5 Å². The molecule has 0 aliphatic rings. The number of rotatable bonds is 2. The number of hydrogen-bond acceptors (Lipinski definition) is 1. The second-order valence-corrected chi connectivity index (χ2v) is 5.63. The minimum absolute atomic E-state index is 0.0977. The Bertz CT molecular complexity index is 539. The summed E-state index contributed by atoms with van der Waals surface area (Å²) in [6, 6.07) is 15.0. The van der Waals surface area contributed by atoms with E-state index in [2.05, 4.69) is 43.8 Å². The quantitative estimate of drug-likeness (QED) is 0.746. The molecule has 1 amide bonds. The molecule has 2 nitrogen and oxygen atoms in total. The number of hydrogen-bond donors (Lipinski definition) is 1. The molecule has 86 valence electrons. The van der Waals surface area contributed by atoms with Crippen molar-refractivity contribution in [1.29, 1.82) is 0 Å². The third kappa shape index (κ3) is 3.54. The summed E-state index contributed by atoms with van der Waals surface area (Å²) in [4.78, 5) is 11.9. The molecule has 0 aromatic heterocycles. The molecule has 2 aromatic rings. The molecule has 2 aromatic carbocycles. The highest BCUT2D eigenvalue weighted by Gasteiger charge is 2.05. The molecule has 0 fully saturated rings. The Morgan fingerprint density at radius 2 is 1.82 bits per heavy atom. The van der Waals surface area contributed by atoms with Crippen LogP contribution in [0.4, 0.5) is 5.69 Å². The minimum atomic E-state index is -0.0977. The molecule has 0 aliphatic carbocycles. The summed E-state index contributed by atoms with van der Waals surface area (Å²) in [6.45, 7) is 0. The van der Waals surface area contributed by atoms with Crippen molar-refractivity contribution in [3.8, 4) is 0 Å². The first-order valence-electron chi connectivity index (χ1n) is 4.97. The highest BCUT2D eigenvalue weighted by atomic mass is 127. The number of nitrogens with one attached hydrogen (secondary N) is 1. The van der Waals surface area contributed by atoms with Crippen molar-refractivity contribution in [3.63, 3.8) is 0 Å². The van der Waals surface area contributed by atoms with Gasteiger partial charge in [0.2, 0.25) is 0 Å². The molecule has 4 heteroatoms. The summed E-state index contributed by atoms with van der Waals surface area (Å²) in [6.07, 6.45) is 0. The van der Waals surface area contributed by atoms with Crippen LogP contribution < -0.4 is 5.32 Å². The van der Waals surface area contributed by atoms with Crippen molar-refractivity contribution < 1.29 is 4.79 Å². The first-order chi connectivity index (χ1) is 8.15. The van der Waals surface area contributed by atoms with Gasteiger partial charge in [-0.2, -0.15) is 0 Å². The maximum atomic E-state index is 11.9. The van der Waals surface area contributed by atoms with Crippen molar-refractivity contribution in [3.05, 3.63) is 62.1 Å². The minimum Gasteiger partial charge on any atom is -0.322 e. The molecular weight excluding hydrogens is 393 g/mol. The zero-order chi connectivity index (χ0) is 12.3. The standard InChI is InChI=1S/C13H9BrINO/c14-10-2-1-3-12(8-10)16-13(17)9-4-6-11(15)7-5-9/h1-8H,(H,16,17). The van der Waals surface area contributed by atoms with Crippen LogP contribution in [0.2, 0.25) is 0 Å². The van der Waals surface area contributed by atoms with E-state index in [1.807, 2.05) is 48.5 Å². The average Bonchev–Trinajstić information content (AvgIpc) is 2.29. The SMILES string of the molecule is O=C(Nc1cccc(Br)c1)c1ccc(I)cc1. The molecule has 0 spiro atoms. The molecule has 17 heavy (non-hydrogen) atoms. The number of carbonyl (C=O) groups is 1. The third-order valence-corrected chi connectivity index (χ3v) is 3.40. The summed E-state index contributed by atoms with van der Waals surface area (Å²) in [5, 5.41) is 2.85. The Morgan fingerprint density at radius 3 is 2.47 bits per heavy atom. The molecule has 2 rings (SSSR count). The van der Waals surface area contributed by atoms with Gasteiger partial charge in [0.15, 0.2) is 0 Å². The van der Waals surface area contributed by atoms with Crippen LogP contribution in [0.3, 0.4) is 0 Å². The summed E-state index contributed by atoms with van der Waals surface area (Å²) in [5.41, 5.74) is 1.44. The topological polar surface area (TPSA) is 29.1 Å².